The molecule has 2 aromatic carbocycles. The molecule has 2 aromatic heterocycles. The number of rotatable bonds is 7. The fourth-order valence-corrected chi connectivity index (χ4v) is 5.02. The summed E-state index contributed by atoms with van der Waals surface area (Å²) in [6.45, 7) is 0.112. The Bertz CT molecular complexity index is 1410. The van der Waals surface area contributed by atoms with Crippen molar-refractivity contribution in [2.24, 2.45) is 10.7 Å². The van der Waals surface area contributed by atoms with Gasteiger partial charge in [0.1, 0.15) is 12.3 Å². The van der Waals surface area contributed by atoms with Gasteiger partial charge in [0.15, 0.2) is 0 Å². The van der Waals surface area contributed by atoms with Gasteiger partial charge in [-0.1, -0.05) is 41.9 Å². The number of aliphatic imine (C=N–C) groups is 1. The van der Waals surface area contributed by atoms with E-state index in [9.17, 15) is 18.0 Å². The highest BCUT2D eigenvalue weighted by Crippen LogP contribution is 2.32. The van der Waals surface area contributed by atoms with Crippen LogP contribution in [0.4, 0.5) is 18.9 Å². The Balaban J connectivity index is 1.51. The van der Waals surface area contributed by atoms with Crippen LogP contribution in [-0.4, -0.2) is 17.9 Å². The molecule has 0 bridgehead atoms. The van der Waals surface area contributed by atoms with Gasteiger partial charge < -0.3 is 10.5 Å². The molecule has 2 N–H and O–H groups in total. The van der Waals surface area contributed by atoms with E-state index in [1.807, 2.05) is 29.6 Å². The molecule has 2 heterocycles. The van der Waals surface area contributed by atoms with E-state index in [1.54, 1.807) is 46.9 Å². The van der Waals surface area contributed by atoms with Crippen LogP contribution in [0.15, 0.2) is 94.9 Å². The van der Waals surface area contributed by atoms with Gasteiger partial charge in [0, 0.05) is 20.2 Å². The van der Waals surface area contributed by atoms with Crippen molar-refractivity contribution in [2.75, 3.05) is 0 Å². The zero-order valence-electron chi connectivity index (χ0n) is 18.5. The quantitative estimate of drug-likeness (QED) is 0.188. The van der Waals surface area contributed by atoms with Gasteiger partial charge in [-0.3, -0.25) is 0 Å². The topological polar surface area (TPSA) is 64.7 Å². The number of hydrogen-bond donors (Lipinski definition) is 1. The summed E-state index contributed by atoms with van der Waals surface area (Å²) >= 11 is 9.30. The number of nitrogens with zero attached hydrogens (tertiary/aromatic N) is 1. The number of thiophene rings is 2. The van der Waals surface area contributed by atoms with Gasteiger partial charge in [-0.15, -0.1) is 22.7 Å². The SMILES string of the molecule is NC(=CC(=Nc1ccccc1Cl)c1ccc(C(=O)OCc2ccc(-c3cccs3)s2)cc1)C(F)(F)F. The second-order valence-corrected chi connectivity index (χ2v) is 9.97. The van der Waals surface area contributed by atoms with Crippen molar-refractivity contribution in [3.8, 4) is 9.75 Å². The van der Waals surface area contributed by atoms with E-state index in [2.05, 4.69) is 4.99 Å². The molecule has 0 amide bonds. The molecule has 4 nitrogen and oxygen atoms in total. The van der Waals surface area contributed by atoms with Crippen LogP contribution in [-0.2, 0) is 11.3 Å². The van der Waals surface area contributed by atoms with Crippen LogP contribution in [0.5, 0.6) is 0 Å². The van der Waals surface area contributed by atoms with E-state index in [4.69, 9.17) is 22.1 Å². The summed E-state index contributed by atoms with van der Waals surface area (Å²) in [6, 6.07) is 20.3. The molecule has 0 aliphatic carbocycles. The molecule has 0 atom stereocenters. The lowest BCUT2D eigenvalue weighted by atomic mass is 10.1. The number of carbonyl (C=O) groups excluding carboxylic acids is 1. The second-order valence-electron chi connectivity index (χ2n) is 7.44. The normalized spacial score (nSPS) is 12.6. The van der Waals surface area contributed by atoms with Gasteiger partial charge in [0.2, 0.25) is 0 Å². The van der Waals surface area contributed by atoms with Crippen LogP contribution in [0.25, 0.3) is 9.75 Å². The van der Waals surface area contributed by atoms with E-state index in [0.29, 0.717) is 5.56 Å². The van der Waals surface area contributed by atoms with Gasteiger partial charge in [-0.25, -0.2) is 9.79 Å². The van der Waals surface area contributed by atoms with Crippen LogP contribution < -0.4 is 5.73 Å². The maximum atomic E-state index is 13.1. The summed E-state index contributed by atoms with van der Waals surface area (Å²) in [5.41, 5.74) is 4.71. The largest absolute Gasteiger partial charge is 0.456 e. The molecule has 0 spiro atoms. The Kier molecular flexibility index (Phi) is 7.93. The first-order valence-corrected chi connectivity index (χ1v) is 12.6. The number of benzene rings is 2. The smallest absolute Gasteiger partial charge is 0.430 e. The molecule has 0 aliphatic heterocycles. The minimum absolute atomic E-state index is 0.0578. The predicted octanol–water partition coefficient (Wildman–Crippen LogP) is 8.01. The van der Waals surface area contributed by atoms with Crippen LogP contribution >= 0.6 is 34.3 Å². The van der Waals surface area contributed by atoms with Gasteiger partial charge in [0.05, 0.1) is 22.0 Å². The lowest BCUT2D eigenvalue weighted by Gasteiger charge is -2.10. The molecule has 0 saturated carbocycles. The van der Waals surface area contributed by atoms with Crippen LogP contribution in [0, 0.1) is 0 Å². The van der Waals surface area contributed by atoms with Gasteiger partial charge >= 0.3 is 12.1 Å². The first-order valence-electron chi connectivity index (χ1n) is 10.5. The van der Waals surface area contributed by atoms with Crippen LogP contribution in [0.3, 0.4) is 0 Å². The van der Waals surface area contributed by atoms with Gasteiger partial charge in [0.25, 0.3) is 0 Å². The van der Waals surface area contributed by atoms with Crippen molar-refractivity contribution in [2.45, 2.75) is 12.8 Å². The number of para-hydroxylation sites is 1. The van der Waals surface area contributed by atoms with Crippen molar-refractivity contribution in [3.63, 3.8) is 0 Å². The lowest BCUT2D eigenvalue weighted by Crippen LogP contribution is -2.21. The minimum atomic E-state index is -4.73. The molecule has 0 saturated heterocycles. The minimum Gasteiger partial charge on any atom is -0.456 e. The van der Waals surface area contributed by atoms with Crippen molar-refractivity contribution < 1.29 is 22.7 Å². The summed E-state index contributed by atoms with van der Waals surface area (Å²) in [5.74, 6) is -0.553. The molecular formula is C26H18ClF3N2O2S2. The number of hydrogen-bond acceptors (Lipinski definition) is 6. The monoisotopic (exact) mass is 546 g/mol. The maximum Gasteiger partial charge on any atom is 0.430 e. The second kappa shape index (κ2) is 11.1. The Morgan fingerprint density at radius 2 is 1.69 bits per heavy atom. The van der Waals surface area contributed by atoms with E-state index >= 15 is 0 Å². The highest BCUT2D eigenvalue weighted by atomic mass is 35.5. The zero-order chi connectivity index (χ0) is 25.7. The summed E-state index contributed by atoms with van der Waals surface area (Å²) in [4.78, 5) is 19.9. The average Bonchev–Trinajstić information content (AvgIpc) is 3.55. The fraction of sp³-hybridized carbons (Fsp3) is 0.0769. The molecule has 4 aromatic rings. The van der Waals surface area contributed by atoms with Gasteiger partial charge in [-0.05, 0) is 53.9 Å². The highest BCUT2D eigenvalue weighted by Gasteiger charge is 2.31. The van der Waals surface area contributed by atoms with E-state index < -0.39 is 17.8 Å². The third-order valence-electron chi connectivity index (χ3n) is 4.90. The summed E-state index contributed by atoms with van der Waals surface area (Å²) < 4.78 is 44.7. The first-order chi connectivity index (χ1) is 17.2. The van der Waals surface area contributed by atoms with Crippen molar-refractivity contribution in [1.29, 1.82) is 0 Å². The molecule has 0 fully saturated rings. The molecule has 4 rings (SSSR count). The Labute approximate surface area is 218 Å². The number of carbonyl (C=O) groups is 1. The number of halogens is 4. The van der Waals surface area contributed by atoms with Crippen molar-refractivity contribution in [3.05, 3.63) is 111 Å². The highest BCUT2D eigenvalue weighted by molar-refractivity contribution is 7.21. The third kappa shape index (κ3) is 6.42. The van der Waals surface area contributed by atoms with Gasteiger partial charge in [-0.2, -0.15) is 13.2 Å². The maximum absolute atomic E-state index is 13.1. The number of nitrogens with two attached hydrogens (primary N) is 1. The standard InChI is InChI=1S/C26H18ClF3N2O2S2/c27-19-4-1-2-5-20(19)32-21(14-24(31)26(28,29)30)16-7-9-17(10-8-16)25(33)34-15-18-11-12-23(36-18)22-6-3-13-35-22/h1-14H,15,31H2. The summed E-state index contributed by atoms with van der Waals surface area (Å²) in [5, 5.41) is 2.26. The number of esters is 1. The van der Waals surface area contributed by atoms with Crippen molar-refractivity contribution >= 4 is 51.6 Å². The Hall–Kier alpha value is -3.40. The van der Waals surface area contributed by atoms with Crippen LogP contribution in [0.2, 0.25) is 5.02 Å². The third-order valence-corrected chi connectivity index (χ3v) is 7.34. The summed E-state index contributed by atoms with van der Waals surface area (Å²) in [6.07, 6.45) is -3.99. The van der Waals surface area contributed by atoms with E-state index in [0.717, 1.165) is 20.7 Å². The van der Waals surface area contributed by atoms with E-state index in [-0.39, 0.29) is 28.6 Å². The molecule has 0 unspecified atom stereocenters. The molecule has 184 valence electrons. The number of ether oxygens (including phenoxy) is 1. The van der Waals surface area contributed by atoms with Crippen LogP contribution in [0.1, 0.15) is 20.8 Å². The number of alkyl halides is 3. The first kappa shape index (κ1) is 25.7. The molecule has 0 radical (unpaired) electrons. The average molecular weight is 547 g/mol. The lowest BCUT2D eigenvalue weighted by molar-refractivity contribution is -0.0925. The number of allylic oxidation sites excluding steroid dienone is 2. The molecule has 0 aliphatic rings. The Morgan fingerprint density at radius 3 is 2.36 bits per heavy atom. The predicted molar refractivity (Wildman–Crippen MR) is 139 cm³/mol. The molecule has 36 heavy (non-hydrogen) atoms. The molecular weight excluding hydrogens is 529 g/mol. The molecule has 10 heteroatoms. The van der Waals surface area contributed by atoms with Crippen molar-refractivity contribution in [1.82, 2.24) is 0 Å². The van der Waals surface area contributed by atoms with E-state index in [1.165, 1.54) is 24.3 Å². The zero-order valence-corrected chi connectivity index (χ0v) is 20.8. The Morgan fingerprint density at radius 1 is 0.972 bits per heavy atom. The summed E-state index contributed by atoms with van der Waals surface area (Å²) in [7, 11) is 0. The fourth-order valence-electron chi connectivity index (χ4n) is 3.09.